The molecule has 1 unspecified atom stereocenters. The van der Waals surface area contributed by atoms with E-state index in [1.54, 1.807) is 16.4 Å². The molecular weight excluding hydrogens is 284 g/mol. The molecule has 1 aliphatic rings. The van der Waals surface area contributed by atoms with Crippen molar-refractivity contribution in [3.8, 4) is 0 Å². The second-order valence-electron chi connectivity index (χ2n) is 5.86. The first kappa shape index (κ1) is 16.5. The number of benzene rings is 1. The zero-order valence-electron chi connectivity index (χ0n) is 13.0. The van der Waals surface area contributed by atoms with Gasteiger partial charge in [0.15, 0.2) is 0 Å². The highest BCUT2D eigenvalue weighted by molar-refractivity contribution is 7.89. The second kappa shape index (κ2) is 7.38. The number of sulfonamides is 1. The van der Waals surface area contributed by atoms with Crippen molar-refractivity contribution in [2.45, 2.75) is 44.6 Å². The molecule has 1 N–H and O–H groups in total. The minimum atomic E-state index is -3.33. The van der Waals surface area contributed by atoms with E-state index in [4.69, 9.17) is 0 Å². The normalized spacial score (nSPS) is 21.1. The van der Waals surface area contributed by atoms with E-state index in [9.17, 15) is 8.42 Å². The molecule has 1 aromatic carbocycles. The lowest BCUT2D eigenvalue weighted by atomic mass is 10.0. The zero-order chi connectivity index (χ0) is 15.3. The summed E-state index contributed by atoms with van der Waals surface area (Å²) in [6.07, 6.45) is 3.03. The van der Waals surface area contributed by atoms with Crippen LogP contribution in [0.5, 0.6) is 0 Å². The predicted octanol–water partition coefficient (Wildman–Crippen LogP) is 2.61. The Hall–Kier alpha value is -0.910. The van der Waals surface area contributed by atoms with Crippen molar-refractivity contribution < 1.29 is 8.42 Å². The van der Waals surface area contributed by atoms with Crippen LogP contribution in [0.3, 0.4) is 0 Å². The van der Waals surface area contributed by atoms with Crippen LogP contribution in [0.1, 0.15) is 38.7 Å². The third kappa shape index (κ3) is 4.28. The highest BCUT2D eigenvalue weighted by Crippen LogP contribution is 2.23. The standard InChI is InChI=1S/C16H26N2O2S/c1-3-17-13-15-6-8-16(9-7-15)21(19,20)18-11-4-5-14(2)10-12-18/h6-9,14,17H,3-5,10-13H2,1-2H3. The van der Waals surface area contributed by atoms with Crippen LogP contribution < -0.4 is 5.32 Å². The Bertz CT molecular complexity index is 540. The Morgan fingerprint density at radius 3 is 2.57 bits per heavy atom. The molecule has 1 atom stereocenters. The summed E-state index contributed by atoms with van der Waals surface area (Å²) in [4.78, 5) is 0.414. The van der Waals surface area contributed by atoms with Crippen LogP contribution in [0.4, 0.5) is 0 Å². The topological polar surface area (TPSA) is 49.4 Å². The summed E-state index contributed by atoms with van der Waals surface area (Å²) in [5.41, 5.74) is 1.11. The maximum atomic E-state index is 12.7. The number of hydrogen-bond donors (Lipinski definition) is 1. The molecule has 4 nitrogen and oxygen atoms in total. The van der Waals surface area contributed by atoms with E-state index in [1.165, 1.54) is 0 Å². The number of nitrogens with one attached hydrogen (secondary N) is 1. The number of nitrogens with zero attached hydrogens (tertiary/aromatic N) is 1. The summed E-state index contributed by atoms with van der Waals surface area (Å²) in [5.74, 6) is 0.618. The lowest BCUT2D eigenvalue weighted by Crippen LogP contribution is -2.32. The quantitative estimate of drug-likeness (QED) is 0.909. The van der Waals surface area contributed by atoms with Crippen LogP contribution in [0.2, 0.25) is 0 Å². The van der Waals surface area contributed by atoms with E-state index < -0.39 is 10.0 Å². The smallest absolute Gasteiger partial charge is 0.243 e. The first-order chi connectivity index (χ1) is 10.0. The third-order valence-electron chi connectivity index (χ3n) is 4.12. The van der Waals surface area contributed by atoms with Crippen LogP contribution in [-0.2, 0) is 16.6 Å². The predicted molar refractivity (Wildman–Crippen MR) is 85.6 cm³/mol. The van der Waals surface area contributed by atoms with Crippen molar-refractivity contribution in [3.63, 3.8) is 0 Å². The van der Waals surface area contributed by atoms with Crippen LogP contribution in [0, 0.1) is 5.92 Å². The molecule has 0 saturated carbocycles. The lowest BCUT2D eigenvalue weighted by Gasteiger charge is -2.20. The van der Waals surface area contributed by atoms with Crippen molar-refractivity contribution >= 4 is 10.0 Å². The molecule has 0 amide bonds. The van der Waals surface area contributed by atoms with Gasteiger partial charge in [0.25, 0.3) is 0 Å². The van der Waals surface area contributed by atoms with Crippen molar-refractivity contribution in [2.24, 2.45) is 5.92 Å². The van der Waals surface area contributed by atoms with E-state index in [0.29, 0.717) is 23.9 Å². The summed E-state index contributed by atoms with van der Waals surface area (Å²) < 4.78 is 27.0. The van der Waals surface area contributed by atoms with E-state index >= 15 is 0 Å². The fourth-order valence-electron chi connectivity index (χ4n) is 2.67. The number of hydrogen-bond acceptors (Lipinski definition) is 3. The van der Waals surface area contributed by atoms with Crippen molar-refractivity contribution in [1.82, 2.24) is 9.62 Å². The minimum Gasteiger partial charge on any atom is -0.313 e. The maximum absolute atomic E-state index is 12.7. The molecule has 1 saturated heterocycles. The van der Waals surface area contributed by atoms with Gasteiger partial charge in [-0.2, -0.15) is 4.31 Å². The summed E-state index contributed by atoms with van der Waals surface area (Å²) in [6.45, 7) is 7.23. The van der Waals surface area contributed by atoms with Gasteiger partial charge in [0, 0.05) is 19.6 Å². The minimum absolute atomic E-state index is 0.414. The molecule has 118 valence electrons. The molecule has 0 bridgehead atoms. The van der Waals surface area contributed by atoms with Gasteiger partial charge in [0.2, 0.25) is 10.0 Å². The first-order valence-corrected chi connectivity index (χ1v) is 9.28. The molecule has 1 heterocycles. The van der Waals surface area contributed by atoms with Gasteiger partial charge in [-0.25, -0.2) is 8.42 Å². The van der Waals surface area contributed by atoms with Crippen molar-refractivity contribution in [2.75, 3.05) is 19.6 Å². The molecule has 0 spiro atoms. The van der Waals surface area contributed by atoms with E-state index in [2.05, 4.69) is 19.2 Å². The largest absolute Gasteiger partial charge is 0.313 e. The van der Waals surface area contributed by atoms with Crippen LogP contribution in [-0.4, -0.2) is 32.4 Å². The Morgan fingerprint density at radius 1 is 1.19 bits per heavy atom. The maximum Gasteiger partial charge on any atom is 0.243 e. The van der Waals surface area contributed by atoms with E-state index in [0.717, 1.165) is 37.9 Å². The van der Waals surface area contributed by atoms with Crippen molar-refractivity contribution in [3.05, 3.63) is 29.8 Å². The summed E-state index contributed by atoms with van der Waals surface area (Å²) in [5, 5.41) is 3.24. The van der Waals surface area contributed by atoms with Crippen molar-refractivity contribution in [1.29, 1.82) is 0 Å². The number of rotatable bonds is 5. The Balaban J connectivity index is 2.11. The van der Waals surface area contributed by atoms with Gasteiger partial charge in [-0.1, -0.05) is 26.0 Å². The van der Waals surface area contributed by atoms with Gasteiger partial charge < -0.3 is 5.32 Å². The van der Waals surface area contributed by atoms with E-state index in [-0.39, 0.29) is 0 Å². The van der Waals surface area contributed by atoms with Gasteiger partial charge in [0.1, 0.15) is 0 Å². The SMILES string of the molecule is CCNCc1ccc(S(=O)(=O)N2CCCC(C)CC2)cc1. The average Bonchev–Trinajstić information content (AvgIpc) is 2.70. The molecular formula is C16H26N2O2S. The fourth-order valence-corrected chi connectivity index (χ4v) is 4.17. The average molecular weight is 310 g/mol. The first-order valence-electron chi connectivity index (χ1n) is 7.84. The fraction of sp³-hybridized carbons (Fsp3) is 0.625. The molecule has 0 aromatic heterocycles. The van der Waals surface area contributed by atoms with Gasteiger partial charge in [0.05, 0.1) is 4.90 Å². The molecule has 0 aliphatic carbocycles. The summed E-state index contributed by atoms with van der Waals surface area (Å²) in [7, 11) is -3.33. The Morgan fingerprint density at radius 2 is 1.90 bits per heavy atom. The Kier molecular flexibility index (Phi) is 5.79. The van der Waals surface area contributed by atoms with Gasteiger partial charge >= 0.3 is 0 Å². The van der Waals surface area contributed by atoms with Crippen LogP contribution in [0.15, 0.2) is 29.2 Å². The van der Waals surface area contributed by atoms with Gasteiger partial charge in [-0.3, -0.25) is 0 Å². The molecule has 21 heavy (non-hydrogen) atoms. The lowest BCUT2D eigenvalue weighted by molar-refractivity contribution is 0.417. The highest BCUT2D eigenvalue weighted by atomic mass is 32.2. The van der Waals surface area contributed by atoms with Gasteiger partial charge in [-0.15, -0.1) is 0 Å². The van der Waals surface area contributed by atoms with Crippen LogP contribution >= 0.6 is 0 Å². The molecule has 1 aliphatic heterocycles. The Labute approximate surface area is 128 Å². The molecule has 5 heteroatoms. The van der Waals surface area contributed by atoms with Crippen LogP contribution in [0.25, 0.3) is 0 Å². The van der Waals surface area contributed by atoms with E-state index in [1.807, 2.05) is 12.1 Å². The molecule has 0 radical (unpaired) electrons. The second-order valence-corrected chi connectivity index (χ2v) is 7.80. The molecule has 1 aromatic rings. The highest BCUT2D eigenvalue weighted by Gasteiger charge is 2.26. The monoisotopic (exact) mass is 310 g/mol. The van der Waals surface area contributed by atoms with Gasteiger partial charge in [-0.05, 0) is 49.4 Å². The summed E-state index contributed by atoms with van der Waals surface area (Å²) in [6, 6.07) is 7.26. The third-order valence-corrected chi connectivity index (χ3v) is 6.03. The zero-order valence-corrected chi connectivity index (χ0v) is 13.8. The molecule has 1 fully saturated rings. The summed E-state index contributed by atoms with van der Waals surface area (Å²) >= 11 is 0. The molecule has 2 rings (SSSR count).